The lowest BCUT2D eigenvalue weighted by atomic mass is 10.0. The van der Waals surface area contributed by atoms with Gasteiger partial charge in [0, 0.05) is 60.3 Å². The number of halogens is 2. The van der Waals surface area contributed by atoms with Gasteiger partial charge in [-0.25, -0.2) is 19.2 Å². The van der Waals surface area contributed by atoms with E-state index < -0.39 is 16.1 Å². The van der Waals surface area contributed by atoms with Crippen LogP contribution in [-0.4, -0.2) is 79.0 Å². The Morgan fingerprint density at radius 1 is 1.13 bits per heavy atom. The van der Waals surface area contributed by atoms with E-state index in [9.17, 15) is 18.0 Å². The number of aryl methyl sites for hydroxylation is 2. The van der Waals surface area contributed by atoms with Gasteiger partial charge in [-0.3, -0.25) is 14.6 Å². The van der Waals surface area contributed by atoms with Crippen LogP contribution >= 0.6 is 23.2 Å². The van der Waals surface area contributed by atoms with Crippen LogP contribution in [0.1, 0.15) is 48.9 Å². The molecule has 0 saturated carbocycles. The molecule has 252 valence electrons. The number of hydrogen-bond acceptors (Lipinski definition) is 8. The Hall–Kier alpha value is -3.49. The Labute approximate surface area is 284 Å². The zero-order valence-corrected chi connectivity index (χ0v) is 28.7. The second kappa shape index (κ2) is 15.2. The minimum atomic E-state index is -4.17. The van der Waals surface area contributed by atoms with Crippen LogP contribution in [0.25, 0.3) is 10.9 Å². The molecule has 15 heteroatoms. The molecule has 3 aromatic rings. The van der Waals surface area contributed by atoms with E-state index in [-0.39, 0.29) is 52.4 Å². The fourth-order valence-electron chi connectivity index (χ4n) is 6.15. The number of amides is 2. The highest BCUT2D eigenvalue weighted by molar-refractivity contribution is 7.89. The third-order valence-corrected chi connectivity index (χ3v) is 11.4. The van der Waals surface area contributed by atoms with Crippen molar-refractivity contribution >= 4 is 62.3 Å². The summed E-state index contributed by atoms with van der Waals surface area (Å²) in [5, 5.41) is 4.18. The number of carbonyl (C=O) groups excluding carboxylic acids is 2. The molecule has 0 bridgehead atoms. The van der Waals surface area contributed by atoms with Gasteiger partial charge in [0.1, 0.15) is 28.8 Å². The number of nitrogens with zero attached hydrogens (tertiary/aromatic N) is 4. The van der Waals surface area contributed by atoms with Gasteiger partial charge in [-0.05, 0) is 69.4 Å². The fraction of sp³-hybridized carbons (Fsp3) is 0.438. The van der Waals surface area contributed by atoms with E-state index in [2.05, 4.69) is 20.7 Å². The molecule has 1 atom stereocenters. The lowest BCUT2D eigenvalue weighted by molar-refractivity contribution is -0.132. The monoisotopic (exact) mass is 703 g/mol. The molecule has 3 heterocycles. The van der Waals surface area contributed by atoms with Crippen molar-refractivity contribution in [2.75, 3.05) is 26.2 Å². The van der Waals surface area contributed by atoms with Gasteiger partial charge in [-0.1, -0.05) is 35.3 Å². The second-order valence-electron chi connectivity index (χ2n) is 11.7. The summed E-state index contributed by atoms with van der Waals surface area (Å²) in [6, 6.07) is 9.42. The smallest absolute Gasteiger partial charge is 0.245 e. The molecule has 0 radical (unpaired) electrons. The van der Waals surface area contributed by atoms with Crippen molar-refractivity contribution < 1.29 is 22.7 Å². The highest BCUT2D eigenvalue weighted by atomic mass is 35.5. The van der Waals surface area contributed by atoms with Gasteiger partial charge in [0.25, 0.3) is 0 Å². The number of hydrogen-bond donors (Lipinski definition) is 3. The zero-order valence-electron chi connectivity index (χ0n) is 26.3. The van der Waals surface area contributed by atoms with Crippen molar-refractivity contribution in [1.29, 1.82) is 0 Å². The van der Waals surface area contributed by atoms with Crippen LogP contribution in [0.3, 0.4) is 0 Å². The second-order valence-corrected chi connectivity index (χ2v) is 14.4. The van der Waals surface area contributed by atoms with E-state index in [1.54, 1.807) is 11.0 Å². The van der Waals surface area contributed by atoms with Gasteiger partial charge >= 0.3 is 0 Å². The van der Waals surface area contributed by atoms with Crippen LogP contribution in [0.5, 0.6) is 5.75 Å². The average molecular weight is 705 g/mol. The van der Waals surface area contributed by atoms with Gasteiger partial charge in [0.2, 0.25) is 21.8 Å². The number of fused-ring (bicyclic) bond motifs is 1. The first-order valence-corrected chi connectivity index (χ1v) is 17.7. The number of piperidine rings is 1. The summed E-state index contributed by atoms with van der Waals surface area (Å²) in [4.78, 5) is 36.1. The van der Waals surface area contributed by atoms with Crippen molar-refractivity contribution in [3.8, 4) is 5.75 Å². The van der Waals surface area contributed by atoms with Gasteiger partial charge in [0.05, 0.1) is 11.4 Å². The normalized spacial score (nSPS) is 17.8. The van der Waals surface area contributed by atoms with Crippen LogP contribution in [-0.2, 0) is 26.2 Å². The third kappa shape index (κ3) is 7.81. The van der Waals surface area contributed by atoms with E-state index in [0.717, 1.165) is 16.6 Å². The Morgan fingerprint density at radius 2 is 1.89 bits per heavy atom. The number of nitrogens with one attached hydrogen (secondary N) is 2. The molecule has 2 aliphatic rings. The third-order valence-electron chi connectivity index (χ3n) is 8.57. The van der Waals surface area contributed by atoms with E-state index in [1.165, 1.54) is 22.8 Å². The maximum atomic E-state index is 14.0. The summed E-state index contributed by atoms with van der Waals surface area (Å²) in [6.07, 6.45) is 3.66. The molecule has 5 rings (SSSR count). The molecule has 1 aromatic heterocycles. The van der Waals surface area contributed by atoms with E-state index >= 15 is 0 Å². The SMILES string of the molecule is Cc1cc(C)c2cccc(OCc3c(Cl)ccc(S(=O)(=O)N4CCC[C@H]4C(=O)NC4CCN(C(=O)CCN=CNN)CC4)c3Cl)c2n1. The molecule has 2 aliphatic heterocycles. The number of likely N-dealkylation sites (tertiary alicyclic amines) is 1. The van der Waals surface area contributed by atoms with Gasteiger partial charge in [0.15, 0.2) is 0 Å². The Kier molecular flexibility index (Phi) is 11.2. The number of benzene rings is 2. The molecule has 2 fully saturated rings. The molecule has 0 spiro atoms. The van der Waals surface area contributed by atoms with Crippen molar-refractivity contribution in [1.82, 2.24) is 24.9 Å². The number of pyridine rings is 1. The standard InChI is InChI=1S/C32H39Cl2N7O5S/c1-20-17-21(2)38-31-23(20)5-3-7-27(31)46-18-24-25(33)8-9-28(30(24)34)47(44,45)41-14-4-6-26(41)32(43)39-22-11-15-40(16-12-22)29(42)10-13-36-19-37-35/h3,5,7-9,17,19,22,26H,4,6,10-16,18,35H2,1-2H3,(H,36,37)(H,39,43)/t26-/m0/s1. The topological polar surface area (TPSA) is 159 Å². The zero-order chi connectivity index (χ0) is 33.7. The maximum Gasteiger partial charge on any atom is 0.245 e. The molecule has 0 unspecified atom stereocenters. The number of rotatable bonds is 11. The summed E-state index contributed by atoms with van der Waals surface area (Å²) in [5.74, 6) is 5.29. The van der Waals surface area contributed by atoms with Crippen molar-refractivity contribution in [3.05, 3.63) is 63.3 Å². The Bertz CT molecular complexity index is 1780. The number of nitrogens with two attached hydrogens (primary N) is 1. The average Bonchev–Trinajstić information content (AvgIpc) is 3.55. The molecule has 12 nitrogen and oxygen atoms in total. The number of aromatic nitrogens is 1. The van der Waals surface area contributed by atoms with Gasteiger partial charge in [-0.2, -0.15) is 4.31 Å². The lowest BCUT2D eigenvalue weighted by Gasteiger charge is -2.33. The number of sulfonamides is 1. The minimum Gasteiger partial charge on any atom is -0.487 e. The minimum absolute atomic E-state index is 0.0133. The quantitative estimate of drug-likeness (QED) is 0.117. The first kappa shape index (κ1) is 34.8. The lowest BCUT2D eigenvalue weighted by Crippen LogP contribution is -2.52. The highest BCUT2D eigenvalue weighted by Crippen LogP contribution is 2.37. The number of hydrazine groups is 1. The molecule has 2 aromatic carbocycles. The predicted molar refractivity (Wildman–Crippen MR) is 182 cm³/mol. The number of aliphatic imine (C=N–C) groups is 1. The van der Waals surface area contributed by atoms with Crippen molar-refractivity contribution in [3.63, 3.8) is 0 Å². The van der Waals surface area contributed by atoms with E-state index in [4.69, 9.17) is 33.8 Å². The van der Waals surface area contributed by atoms with Crippen LogP contribution < -0.4 is 21.3 Å². The van der Waals surface area contributed by atoms with E-state index in [0.29, 0.717) is 62.1 Å². The largest absolute Gasteiger partial charge is 0.487 e. The molecular formula is C32H39Cl2N7O5S. The summed E-state index contributed by atoms with van der Waals surface area (Å²) >= 11 is 13.3. The molecular weight excluding hydrogens is 665 g/mol. The van der Waals surface area contributed by atoms with Gasteiger partial charge < -0.3 is 20.4 Å². The summed E-state index contributed by atoms with van der Waals surface area (Å²) < 4.78 is 35.3. The highest BCUT2D eigenvalue weighted by Gasteiger charge is 2.41. The molecule has 0 aliphatic carbocycles. The molecule has 47 heavy (non-hydrogen) atoms. The van der Waals surface area contributed by atoms with Crippen LogP contribution in [0.4, 0.5) is 0 Å². The van der Waals surface area contributed by atoms with Crippen molar-refractivity contribution in [2.45, 2.75) is 69.5 Å². The summed E-state index contributed by atoms with van der Waals surface area (Å²) in [7, 11) is -4.17. The van der Waals surface area contributed by atoms with Gasteiger partial charge in [-0.15, -0.1) is 0 Å². The van der Waals surface area contributed by atoms with Crippen LogP contribution in [0, 0.1) is 13.8 Å². The summed E-state index contributed by atoms with van der Waals surface area (Å²) in [5.41, 5.74) is 5.21. The molecule has 2 amide bonds. The first-order valence-electron chi connectivity index (χ1n) is 15.5. The Balaban J connectivity index is 1.26. The van der Waals surface area contributed by atoms with Crippen LogP contribution in [0.15, 0.2) is 46.3 Å². The fourth-order valence-corrected chi connectivity index (χ4v) is 8.67. The summed E-state index contributed by atoms with van der Waals surface area (Å²) in [6.45, 7) is 5.33. The maximum absolute atomic E-state index is 14.0. The Morgan fingerprint density at radius 3 is 2.64 bits per heavy atom. The number of para-hydroxylation sites is 1. The van der Waals surface area contributed by atoms with Crippen LogP contribution in [0.2, 0.25) is 10.0 Å². The number of carbonyl (C=O) groups is 2. The predicted octanol–water partition coefficient (Wildman–Crippen LogP) is 3.88. The number of ether oxygens (including phenoxy) is 1. The van der Waals surface area contributed by atoms with Crippen molar-refractivity contribution in [2.24, 2.45) is 10.8 Å². The molecule has 4 N–H and O–H groups in total. The van der Waals surface area contributed by atoms with E-state index in [1.807, 2.05) is 32.0 Å². The molecule has 2 saturated heterocycles. The first-order chi connectivity index (χ1) is 22.5.